The van der Waals surface area contributed by atoms with Crippen LogP contribution in [0.4, 0.5) is 0 Å². The molecule has 0 radical (unpaired) electrons. The summed E-state index contributed by atoms with van der Waals surface area (Å²) in [6, 6.07) is 10.3. The quantitative estimate of drug-likeness (QED) is 0.709. The summed E-state index contributed by atoms with van der Waals surface area (Å²) in [5.74, 6) is 0.706. The van der Waals surface area contributed by atoms with Gasteiger partial charge in [-0.25, -0.2) is 0 Å². The molecule has 0 saturated carbocycles. The van der Waals surface area contributed by atoms with E-state index in [1.165, 1.54) is 5.56 Å². The minimum atomic E-state index is 0.212. The molecule has 0 spiro atoms. The highest BCUT2D eigenvalue weighted by molar-refractivity contribution is 5.49. The van der Waals surface area contributed by atoms with Crippen LogP contribution in [0.15, 0.2) is 49.1 Å². The second kappa shape index (κ2) is 5.83. The first kappa shape index (κ1) is 12.1. The summed E-state index contributed by atoms with van der Waals surface area (Å²) in [6.07, 6.45) is 8.86. The zero-order valence-corrected chi connectivity index (χ0v) is 10.4. The van der Waals surface area contributed by atoms with Crippen molar-refractivity contribution in [2.45, 2.75) is 32.0 Å². The summed E-state index contributed by atoms with van der Waals surface area (Å²) < 4.78 is 5.92. The Bertz CT molecular complexity index is 380. The van der Waals surface area contributed by atoms with Crippen molar-refractivity contribution in [2.75, 3.05) is 0 Å². The highest BCUT2D eigenvalue weighted by Gasteiger charge is 2.23. The Kier molecular flexibility index (Phi) is 4.16. The van der Waals surface area contributed by atoms with E-state index in [9.17, 15) is 0 Å². The average molecular weight is 228 g/mol. The molecule has 1 saturated heterocycles. The first-order valence-corrected chi connectivity index (χ1v) is 6.29. The van der Waals surface area contributed by atoms with Gasteiger partial charge in [-0.05, 0) is 24.3 Å². The van der Waals surface area contributed by atoms with E-state index in [4.69, 9.17) is 4.74 Å². The monoisotopic (exact) mass is 228 g/mol. The Balaban J connectivity index is 1.98. The van der Waals surface area contributed by atoms with Gasteiger partial charge in [-0.3, -0.25) is 0 Å². The maximum atomic E-state index is 5.92. The molecule has 0 N–H and O–H groups in total. The lowest BCUT2D eigenvalue weighted by Crippen LogP contribution is -2.29. The summed E-state index contributed by atoms with van der Waals surface area (Å²) >= 11 is 0. The molecule has 1 heterocycles. The molecular formula is C16H20O. The lowest BCUT2D eigenvalue weighted by molar-refractivity contribution is -0.0183. The Labute approximate surface area is 104 Å². The number of rotatable bonds is 3. The normalized spacial score (nSPS) is 29.4. The van der Waals surface area contributed by atoms with Crippen LogP contribution in [0.5, 0.6) is 0 Å². The smallest absolute Gasteiger partial charge is 0.0769 e. The molecule has 3 atom stereocenters. The molecule has 0 aliphatic carbocycles. The van der Waals surface area contributed by atoms with Crippen molar-refractivity contribution >= 4 is 6.08 Å². The lowest BCUT2D eigenvalue weighted by atomic mass is 9.93. The first-order valence-electron chi connectivity index (χ1n) is 6.29. The number of ether oxygens (including phenoxy) is 1. The molecular weight excluding hydrogens is 208 g/mol. The van der Waals surface area contributed by atoms with Gasteiger partial charge in [0.05, 0.1) is 12.2 Å². The van der Waals surface area contributed by atoms with Crippen LogP contribution in [0, 0.1) is 5.92 Å². The van der Waals surface area contributed by atoms with Crippen molar-refractivity contribution in [3.05, 3.63) is 54.6 Å². The van der Waals surface area contributed by atoms with E-state index in [-0.39, 0.29) is 12.2 Å². The Morgan fingerprint density at radius 3 is 2.59 bits per heavy atom. The van der Waals surface area contributed by atoms with E-state index in [2.05, 4.69) is 49.9 Å². The summed E-state index contributed by atoms with van der Waals surface area (Å²) in [5.41, 5.74) is 1.23. The van der Waals surface area contributed by atoms with Gasteiger partial charge in [0, 0.05) is 0 Å². The van der Waals surface area contributed by atoms with Crippen molar-refractivity contribution in [3.8, 4) is 0 Å². The molecule has 90 valence electrons. The average Bonchev–Trinajstić information content (AvgIpc) is 2.37. The van der Waals surface area contributed by atoms with Gasteiger partial charge in [0.15, 0.2) is 0 Å². The molecule has 1 aromatic rings. The zero-order valence-electron chi connectivity index (χ0n) is 10.4. The highest BCUT2D eigenvalue weighted by atomic mass is 16.5. The fourth-order valence-corrected chi connectivity index (χ4v) is 2.28. The largest absolute Gasteiger partial charge is 0.367 e. The predicted octanol–water partition coefficient (Wildman–Crippen LogP) is 4.07. The molecule has 1 aliphatic rings. The molecule has 0 amide bonds. The molecule has 0 bridgehead atoms. The van der Waals surface area contributed by atoms with Crippen LogP contribution < -0.4 is 0 Å². The third-order valence-corrected chi connectivity index (χ3v) is 3.18. The van der Waals surface area contributed by atoms with Gasteiger partial charge in [0.1, 0.15) is 0 Å². The Morgan fingerprint density at radius 2 is 1.88 bits per heavy atom. The minimum absolute atomic E-state index is 0.212. The van der Waals surface area contributed by atoms with Gasteiger partial charge in [-0.2, -0.15) is 0 Å². The summed E-state index contributed by atoms with van der Waals surface area (Å²) in [7, 11) is 0. The number of benzene rings is 1. The van der Waals surface area contributed by atoms with Crippen LogP contribution in [0.3, 0.4) is 0 Å². The molecule has 1 aromatic carbocycles. The van der Waals surface area contributed by atoms with Gasteiger partial charge < -0.3 is 4.74 Å². The molecule has 0 aromatic heterocycles. The molecule has 17 heavy (non-hydrogen) atoms. The second-order valence-corrected chi connectivity index (χ2v) is 4.80. The van der Waals surface area contributed by atoms with Crippen molar-refractivity contribution in [2.24, 2.45) is 5.92 Å². The fourth-order valence-electron chi connectivity index (χ4n) is 2.28. The van der Waals surface area contributed by atoms with Crippen molar-refractivity contribution < 1.29 is 4.74 Å². The maximum Gasteiger partial charge on any atom is 0.0769 e. The molecule has 1 nitrogen and oxygen atoms in total. The van der Waals surface area contributed by atoms with E-state index in [1.54, 1.807) is 0 Å². The van der Waals surface area contributed by atoms with Gasteiger partial charge >= 0.3 is 0 Å². The van der Waals surface area contributed by atoms with Gasteiger partial charge in [0.2, 0.25) is 0 Å². The maximum absolute atomic E-state index is 5.92. The zero-order chi connectivity index (χ0) is 12.1. The predicted molar refractivity (Wildman–Crippen MR) is 72.7 cm³/mol. The van der Waals surface area contributed by atoms with Crippen molar-refractivity contribution in [3.63, 3.8) is 0 Å². The van der Waals surface area contributed by atoms with Crippen LogP contribution in [0.1, 0.15) is 25.3 Å². The SMILES string of the molecule is C=C[C@H]1C[C@H](C)C[C@@H](/C=C\c2ccccc2)O1. The summed E-state index contributed by atoms with van der Waals surface area (Å²) in [6.45, 7) is 6.10. The van der Waals surface area contributed by atoms with E-state index >= 15 is 0 Å². The Morgan fingerprint density at radius 1 is 1.18 bits per heavy atom. The van der Waals surface area contributed by atoms with Crippen molar-refractivity contribution in [1.82, 2.24) is 0 Å². The molecule has 2 rings (SSSR count). The molecule has 0 unspecified atom stereocenters. The summed E-state index contributed by atoms with van der Waals surface area (Å²) in [4.78, 5) is 0. The standard InChI is InChI=1S/C16H20O/c1-3-15-11-13(2)12-16(17-15)10-9-14-7-5-4-6-8-14/h3-10,13,15-16H,1,11-12H2,2H3/b10-9-/t13-,15-,16+/m0/s1. The van der Waals surface area contributed by atoms with Crippen LogP contribution in [-0.4, -0.2) is 12.2 Å². The lowest BCUT2D eigenvalue weighted by Gasteiger charge is -2.30. The number of hydrogen-bond acceptors (Lipinski definition) is 1. The summed E-state index contributed by atoms with van der Waals surface area (Å²) in [5, 5.41) is 0. The second-order valence-electron chi connectivity index (χ2n) is 4.80. The van der Waals surface area contributed by atoms with E-state index in [0.717, 1.165) is 12.8 Å². The van der Waals surface area contributed by atoms with Crippen LogP contribution in [-0.2, 0) is 4.74 Å². The molecule has 1 aliphatic heterocycles. The molecule has 1 fully saturated rings. The van der Waals surface area contributed by atoms with Crippen LogP contribution in [0.25, 0.3) is 6.08 Å². The van der Waals surface area contributed by atoms with Crippen molar-refractivity contribution in [1.29, 1.82) is 0 Å². The van der Waals surface area contributed by atoms with E-state index < -0.39 is 0 Å². The highest BCUT2D eigenvalue weighted by Crippen LogP contribution is 2.26. The first-order chi connectivity index (χ1) is 8.28. The third kappa shape index (κ3) is 3.57. The van der Waals surface area contributed by atoms with Crippen LogP contribution in [0.2, 0.25) is 0 Å². The van der Waals surface area contributed by atoms with Gasteiger partial charge in [0.25, 0.3) is 0 Å². The van der Waals surface area contributed by atoms with Gasteiger partial charge in [-0.1, -0.05) is 55.5 Å². The van der Waals surface area contributed by atoms with E-state index in [1.807, 2.05) is 12.1 Å². The van der Waals surface area contributed by atoms with Crippen LogP contribution >= 0.6 is 0 Å². The Hall–Kier alpha value is -1.34. The number of hydrogen-bond donors (Lipinski definition) is 0. The minimum Gasteiger partial charge on any atom is -0.367 e. The van der Waals surface area contributed by atoms with Gasteiger partial charge in [-0.15, -0.1) is 6.58 Å². The molecule has 1 heteroatoms. The third-order valence-electron chi connectivity index (χ3n) is 3.18. The van der Waals surface area contributed by atoms with E-state index in [0.29, 0.717) is 5.92 Å². The topological polar surface area (TPSA) is 9.23 Å². The fraction of sp³-hybridized carbons (Fsp3) is 0.375.